The fraction of sp³-hybridized carbons (Fsp3) is 0.222. The first kappa shape index (κ1) is 11.0. The Morgan fingerprint density at radius 3 is 2.17 bits per heavy atom. The minimum absolute atomic E-state index is 0.375. The minimum atomic E-state index is 0.375. The molecule has 0 saturated carbocycles. The summed E-state index contributed by atoms with van der Waals surface area (Å²) in [5, 5.41) is 0. The second-order valence-corrected chi connectivity index (χ2v) is 2.22. The molecule has 0 heterocycles. The Bertz CT molecular complexity index is 199. The van der Waals surface area contributed by atoms with Crippen molar-refractivity contribution in [1.82, 2.24) is 0 Å². The van der Waals surface area contributed by atoms with Crippen molar-refractivity contribution in [3.05, 3.63) is 35.9 Å². The molecule has 1 rings (SSSR count). The third-order valence-corrected chi connectivity index (χ3v) is 1.40. The maximum Gasteiger partial charge on any atom is 0.292 e. The molecular weight excluding hydrogens is 176 g/mol. The first-order valence-corrected chi connectivity index (χ1v) is 3.95. The molecule has 0 aliphatic heterocycles. The zero-order valence-corrected chi connectivity index (χ0v) is 7.62. The second kappa shape index (κ2) is 8.08. The lowest BCUT2D eigenvalue weighted by molar-refractivity contribution is -0.126. The highest BCUT2D eigenvalue weighted by atomic mass is 35.5. The number of alkyl halides is 1. The quantitative estimate of drug-likeness (QED) is 0.523. The van der Waals surface area contributed by atoms with Crippen molar-refractivity contribution in [2.45, 2.75) is 5.88 Å². The molecule has 0 aliphatic carbocycles. The van der Waals surface area contributed by atoms with Crippen LogP contribution >= 0.6 is 11.6 Å². The Morgan fingerprint density at radius 2 is 1.92 bits per heavy atom. The highest BCUT2D eigenvalue weighted by Crippen LogP contribution is 2.00. The van der Waals surface area contributed by atoms with E-state index in [0.29, 0.717) is 12.4 Å². The fourth-order valence-electron chi connectivity index (χ4n) is 0.567. The Kier molecular flexibility index (Phi) is 7.39. The zero-order valence-electron chi connectivity index (χ0n) is 6.87. The topological polar surface area (TPSA) is 26.3 Å². The Labute approximate surface area is 77.1 Å². The number of carbonyl (C=O) groups excluding carboxylic acids is 1. The molecule has 0 spiro atoms. The summed E-state index contributed by atoms with van der Waals surface area (Å²) >= 11 is 5.53. The standard InChI is InChI=1S/C7H7Cl.C2H4O2/c8-6-7-4-2-1-3-5-7;1-4-2-3/h1-5H,6H2;2H,1H3. The zero-order chi connectivity index (χ0) is 9.23. The number of ether oxygens (including phenoxy) is 1. The van der Waals surface area contributed by atoms with Gasteiger partial charge in [-0.15, -0.1) is 11.6 Å². The lowest BCUT2D eigenvalue weighted by Crippen LogP contribution is -1.71. The van der Waals surface area contributed by atoms with Gasteiger partial charge in [0.25, 0.3) is 6.47 Å². The van der Waals surface area contributed by atoms with Crippen LogP contribution < -0.4 is 0 Å². The molecule has 0 amide bonds. The van der Waals surface area contributed by atoms with Crippen molar-refractivity contribution in [3.63, 3.8) is 0 Å². The van der Waals surface area contributed by atoms with E-state index in [1.807, 2.05) is 30.3 Å². The summed E-state index contributed by atoms with van der Waals surface area (Å²) < 4.78 is 3.86. The predicted molar refractivity (Wildman–Crippen MR) is 49.1 cm³/mol. The maximum absolute atomic E-state index is 8.95. The Morgan fingerprint density at radius 1 is 1.42 bits per heavy atom. The van der Waals surface area contributed by atoms with Crippen LogP contribution in [0.4, 0.5) is 0 Å². The van der Waals surface area contributed by atoms with Crippen molar-refractivity contribution in [2.24, 2.45) is 0 Å². The summed E-state index contributed by atoms with van der Waals surface area (Å²) in [6, 6.07) is 9.96. The smallest absolute Gasteiger partial charge is 0.292 e. The molecule has 0 aliphatic rings. The molecule has 12 heavy (non-hydrogen) atoms. The van der Waals surface area contributed by atoms with Crippen LogP contribution in [0.3, 0.4) is 0 Å². The number of carbonyl (C=O) groups is 1. The van der Waals surface area contributed by atoms with E-state index in [9.17, 15) is 0 Å². The van der Waals surface area contributed by atoms with E-state index in [4.69, 9.17) is 16.4 Å². The van der Waals surface area contributed by atoms with Gasteiger partial charge >= 0.3 is 0 Å². The van der Waals surface area contributed by atoms with Crippen LogP contribution in [0.5, 0.6) is 0 Å². The number of rotatable bonds is 2. The summed E-state index contributed by atoms with van der Waals surface area (Å²) in [5.41, 5.74) is 1.18. The van der Waals surface area contributed by atoms with E-state index >= 15 is 0 Å². The van der Waals surface area contributed by atoms with Crippen LogP contribution in [0.25, 0.3) is 0 Å². The van der Waals surface area contributed by atoms with Gasteiger partial charge in [0, 0.05) is 5.88 Å². The summed E-state index contributed by atoms with van der Waals surface area (Å²) in [6.45, 7) is 0.375. The van der Waals surface area contributed by atoms with E-state index in [1.54, 1.807) is 0 Å². The molecule has 0 aromatic heterocycles. The van der Waals surface area contributed by atoms with Crippen molar-refractivity contribution in [2.75, 3.05) is 7.11 Å². The molecule has 0 atom stereocenters. The molecule has 0 unspecified atom stereocenters. The van der Waals surface area contributed by atoms with Gasteiger partial charge in [0.15, 0.2) is 0 Å². The van der Waals surface area contributed by atoms with Crippen LogP contribution in [0.15, 0.2) is 30.3 Å². The van der Waals surface area contributed by atoms with E-state index < -0.39 is 0 Å². The van der Waals surface area contributed by atoms with Gasteiger partial charge in [-0.1, -0.05) is 30.3 Å². The van der Waals surface area contributed by atoms with Gasteiger partial charge in [-0.25, -0.2) is 0 Å². The van der Waals surface area contributed by atoms with Crippen molar-refractivity contribution < 1.29 is 9.53 Å². The van der Waals surface area contributed by atoms with Crippen LogP contribution in [0.2, 0.25) is 0 Å². The van der Waals surface area contributed by atoms with E-state index in [1.165, 1.54) is 12.7 Å². The van der Waals surface area contributed by atoms with Crippen LogP contribution in [-0.2, 0) is 15.4 Å². The SMILES string of the molecule is COC=O.ClCc1ccccc1. The number of methoxy groups -OCH3 is 1. The van der Waals surface area contributed by atoms with Gasteiger partial charge in [0.1, 0.15) is 0 Å². The van der Waals surface area contributed by atoms with Crippen LogP contribution in [-0.4, -0.2) is 13.6 Å². The van der Waals surface area contributed by atoms with Gasteiger partial charge in [-0.3, -0.25) is 4.79 Å². The molecule has 1 aromatic rings. The Balaban J connectivity index is 0.000000261. The third-order valence-electron chi connectivity index (χ3n) is 1.09. The van der Waals surface area contributed by atoms with Crippen LogP contribution in [0, 0.1) is 0 Å². The van der Waals surface area contributed by atoms with Crippen molar-refractivity contribution in [1.29, 1.82) is 0 Å². The molecule has 0 saturated heterocycles. The first-order chi connectivity index (χ1) is 5.85. The highest BCUT2D eigenvalue weighted by molar-refractivity contribution is 6.17. The molecule has 3 heteroatoms. The largest absolute Gasteiger partial charge is 0.471 e. The predicted octanol–water partition coefficient (Wildman–Crippen LogP) is 2.21. The van der Waals surface area contributed by atoms with Gasteiger partial charge in [-0.05, 0) is 5.56 Å². The molecule has 1 aromatic carbocycles. The summed E-state index contributed by atoms with van der Waals surface area (Å²) in [6.07, 6.45) is 0. The number of hydrogen-bond acceptors (Lipinski definition) is 2. The molecule has 0 radical (unpaired) electrons. The van der Waals surface area contributed by atoms with E-state index in [2.05, 4.69) is 4.74 Å². The second-order valence-electron chi connectivity index (χ2n) is 1.95. The number of hydrogen-bond donors (Lipinski definition) is 0. The van der Waals surface area contributed by atoms with Crippen molar-refractivity contribution >= 4 is 18.1 Å². The van der Waals surface area contributed by atoms with Gasteiger partial charge in [-0.2, -0.15) is 0 Å². The fourth-order valence-corrected chi connectivity index (χ4v) is 0.745. The van der Waals surface area contributed by atoms with Gasteiger partial charge in [0.2, 0.25) is 0 Å². The first-order valence-electron chi connectivity index (χ1n) is 3.41. The summed E-state index contributed by atoms with van der Waals surface area (Å²) in [4.78, 5) is 8.95. The van der Waals surface area contributed by atoms with E-state index in [0.717, 1.165) is 0 Å². The average molecular weight is 187 g/mol. The summed E-state index contributed by atoms with van der Waals surface area (Å²) in [5.74, 6) is 0.612. The molecular formula is C9H11ClO2. The third kappa shape index (κ3) is 5.74. The van der Waals surface area contributed by atoms with Crippen LogP contribution in [0.1, 0.15) is 5.56 Å². The van der Waals surface area contributed by atoms with Gasteiger partial charge < -0.3 is 4.74 Å². The molecule has 2 nitrogen and oxygen atoms in total. The molecule has 0 bridgehead atoms. The summed E-state index contributed by atoms with van der Waals surface area (Å²) in [7, 11) is 1.31. The van der Waals surface area contributed by atoms with E-state index in [-0.39, 0.29) is 0 Å². The van der Waals surface area contributed by atoms with Gasteiger partial charge in [0.05, 0.1) is 7.11 Å². The van der Waals surface area contributed by atoms with Crippen molar-refractivity contribution in [3.8, 4) is 0 Å². The highest BCUT2D eigenvalue weighted by Gasteiger charge is 1.81. The minimum Gasteiger partial charge on any atom is -0.471 e. The molecule has 0 fully saturated rings. The normalized spacial score (nSPS) is 7.83. The monoisotopic (exact) mass is 186 g/mol. The maximum atomic E-state index is 8.95. The molecule has 0 N–H and O–H groups in total. The molecule has 66 valence electrons. The lowest BCUT2D eigenvalue weighted by Gasteiger charge is -1.88. The lowest BCUT2D eigenvalue weighted by atomic mass is 10.2. The number of halogens is 1. The Hall–Kier alpha value is -1.02. The average Bonchev–Trinajstić information content (AvgIpc) is 2.19. The number of benzene rings is 1.